The smallest absolute Gasteiger partial charge is 0.293 e. The second kappa shape index (κ2) is 8.58. The van der Waals surface area contributed by atoms with Crippen LogP contribution in [-0.2, 0) is 21.1 Å². The number of halogens is 1. The number of hydrogen-bond acceptors (Lipinski definition) is 6. The van der Waals surface area contributed by atoms with E-state index >= 15 is 0 Å². The SMILES string of the molecule is CS(=O)(=O)c1ccc(NCCNC(=O)Cc2ccc(F)cc2)c([N+](=O)[O-])c1. The van der Waals surface area contributed by atoms with Gasteiger partial charge in [0.25, 0.3) is 5.69 Å². The summed E-state index contributed by atoms with van der Waals surface area (Å²) in [5.74, 6) is -0.655. The third-order valence-corrected chi connectivity index (χ3v) is 4.74. The van der Waals surface area contributed by atoms with Crippen LogP contribution in [0.3, 0.4) is 0 Å². The number of benzene rings is 2. The van der Waals surface area contributed by atoms with Crippen LogP contribution in [0.15, 0.2) is 47.4 Å². The van der Waals surface area contributed by atoms with Crippen molar-refractivity contribution in [3.8, 4) is 0 Å². The fourth-order valence-corrected chi connectivity index (χ4v) is 2.93. The van der Waals surface area contributed by atoms with E-state index in [0.717, 1.165) is 12.3 Å². The van der Waals surface area contributed by atoms with Crippen molar-refractivity contribution >= 4 is 27.1 Å². The average Bonchev–Trinajstić information content (AvgIpc) is 2.59. The third kappa shape index (κ3) is 6.03. The summed E-state index contributed by atoms with van der Waals surface area (Å²) in [7, 11) is -3.56. The molecule has 8 nitrogen and oxygen atoms in total. The van der Waals surface area contributed by atoms with E-state index in [0.29, 0.717) is 5.56 Å². The van der Waals surface area contributed by atoms with Gasteiger partial charge in [0.2, 0.25) is 5.91 Å². The second-order valence-electron chi connectivity index (χ2n) is 5.79. The van der Waals surface area contributed by atoms with Gasteiger partial charge in [-0.05, 0) is 29.8 Å². The Labute approximate surface area is 155 Å². The Morgan fingerprint density at radius 1 is 1.15 bits per heavy atom. The summed E-state index contributed by atoms with van der Waals surface area (Å²) in [5, 5.41) is 16.6. The van der Waals surface area contributed by atoms with Crippen molar-refractivity contribution in [1.29, 1.82) is 0 Å². The Morgan fingerprint density at radius 2 is 1.81 bits per heavy atom. The zero-order valence-electron chi connectivity index (χ0n) is 14.4. The van der Waals surface area contributed by atoms with Gasteiger partial charge >= 0.3 is 0 Å². The molecular formula is C17H18FN3O5S. The van der Waals surface area contributed by atoms with Crippen molar-refractivity contribution in [2.75, 3.05) is 24.7 Å². The highest BCUT2D eigenvalue weighted by Gasteiger charge is 2.18. The number of nitrogens with one attached hydrogen (secondary N) is 2. The Kier molecular flexibility index (Phi) is 6.45. The predicted molar refractivity (Wildman–Crippen MR) is 97.8 cm³/mol. The van der Waals surface area contributed by atoms with Crippen LogP contribution in [0.25, 0.3) is 0 Å². The molecule has 0 bridgehead atoms. The Hall–Kier alpha value is -3.01. The molecule has 0 radical (unpaired) electrons. The zero-order chi connectivity index (χ0) is 20.0. The molecule has 10 heteroatoms. The largest absolute Gasteiger partial charge is 0.378 e. The molecule has 2 rings (SSSR count). The number of nitro benzene ring substituents is 1. The van der Waals surface area contributed by atoms with Gasteiger partial charge in [-0.25, -0.2) is 12.8 Å². The molecule has 2 N–H and O–H groups in total. The first-order valence-electron chi connectivity index (χ1n) is 7.90. The van der Waals surface area contributed by atoms with Gasteiger partial charge in [-0.1, -0.05) is 12.1 Å². The molecule has 2 aromatic carbocycles. The molecule has 0 spiro atoms. The van der Waals surface area contributed by atoms with Crippen LogP contribution in [0.4, 0.5) is 15.8 Å². The lowest BCUT2D eigenvalue weighted by Crippen LogP contribution is -2.30. The maximum absolute atomic E-state index is 12.8. The first-order valence-corrected chi connectivity index (χ1v) is 9.79. The molecule has 0 fully saturated rings. The first kappa shape index (κ1) is 20.3. The Bertz CT molecular complexity index is 946. The van der Waals surface area contributed by atoms with E-state index in [1.807, 2.05) is 0 Å². The van der Waals surface area contributed by atoms with Crippen molar-refractivity contribution in [3.63, 3.8) is 0 Å². The molecule has 0 aliphatic rings. The maximum Gasteiger partial charge on any atom is 0.293 e. The van der Waals surface area contributed by atoms with Gasteiger partial charge in [0.1, 0.15) is 11.5 Å². The van der Waals surface area contributed by atoms with Gasteiger partial charge in [0, 0.05) is 25.4 Å². The highest BCUT2D eigenvalue weighted by Crippen LogP contribution is 2.27. The summed E-state index contributed by atoms with van der Waals surface area (Å²) < 4.78 is 35.8. The highest BCUT2D eigenvalue weighted by molar-refractivity contribution is 7.90. The second-order valence-corrected chi connectivity index (χ2v) is 7.80. The highest BCUT2D eigenvalue weighted by atomic mass is 32.2. The van der Waals surface area contributed by atoms with Crippen LogP contribution in [-0.4, -0.2) is 38.6 Å². The van der Waals surface area contributed by atoms with Gasteiger partial charge < -0.3 is 10.6 Å². The van der Waals surface area contributed by atoms with E-state index in [9.17, 15) is 27.7 Å². The van der Waals surface area contributed by atoms with Gasteiger partial charge in [-0.3, -0.25) is 14.9 Å². The summed E-state index contributed by atoms with van der Waals surface area (Å²) in [6.07, 6.45) is 1.05. The van der Waals surface area contributed by atoms with Crippen molar-refractivity contribution in [3.05, 3.63) is 64.0 Å². The normalized spacial score (nSPS) is 11.0. The summed E-state index contributed by atoms with van der Waals surface area (Å²) in [6, 6.07) is 9.14. The van der Waals surface area contributed by atoms with Gasteiger partial charge in [0.15, 0.2) is 9.84 Å². The standard InChI is InChI=1S/C17H18FN3O5S/c1-27(25,26)14-6-7-15(16(11-14)21(23)24)19-8-9-20-17(22)10-12-2-4-13(18)5-3-12/h2-7,11,19H,8-10H2,1H3,(H,20,22). The lowest BCUT2D eigenvalue weighted by molar-refractivity contribution is -0.384. The van der Waals surface area contributed by atoms with Crippen molar-refractivity contribution < 1.29 is 22.5 Å². The number of anilines is 1. The van der Waals surface area contributed by atoms with Crippen molar-refractivity contribution in [2.45, 2.75) is 11.3 Å². The molecule has 0 unspecified atom stereocenters. The number of hydrogen-bond donors (Lipinski definition) is 2. The van der Waals surface area contributed by atoms with Crippen molar-refractivity contribution in [1.82, 2.24) is 5.32 Å². The number of carbonyl (C=O) groups excluding carboxylic acids is 1. The van der Waals surface area contributed by atoms with Gasteiger partial charge in [0.05, 0.1) is 16.2 Å². The number of carbonyl (C=O) groups is 1. The van der Waals surface area contributed by atoms with Crippen molar-refractivity contribution in [2.24, 2.45) is 0 Å². The minimum atomic E-state index is -3.56. The topological polar surface area (TPSA) is 118 Å². The van der Waals surface area contributed by atoms with Gasteiger partial charge in [-0.15, -0.1) is 0 Å². The van der Waals surface area contributed by atoms with E-state index < -0.39 is 14.8 Å². The molecule has 0 aromatic heterocycles. The van der Waals surface area contributed by atoms with Gasteiger partial charge in [-0.2, -0.15) is 0 Å². The van der Waals surface area contributed by atoms with E-state index in [-0.39, 0.29) is 47.5 Å². The number of rotatable bonds is 8. The maximum atomic E-state index is 12.8. The molecule has 1 amide bonds. The lowest BCUT2D eigenvalue weighted by atomic mass is 10.1. The van der Waals surface area contributed by atoms with E-state index in [2.05, 4.69) is 10.6 Å². The van der Waals surface area contributed by atoms with E-state index in [4.69, 9.17) is 0 Å². The summed E-state index contributed by atoms with van der Waals surface area (Å²) >= 11 is 0. The number of sulfone groups is 1. The fourth-order valence-electron chi connectivity index (χ4n) is 2.29. The molecule has 144 valence electrons. The number of amides is 1. The van der Waals surface area contributed by atoms with E-state index in [1.54, 1.807) is 0 Å². The van der Waals surface area contributed by atoms with Crippen LogP contribution >= 0.6 is 0 Å². The first-order chi connectivity index (χ1) is 12.7. The molecule has 2 aromatic rings. The predicted octanol–water partition coefficient (Wildman–Crippen LogP) is 1.91. The third-order valence-electron chi connectivity index (χ3n) is 3.63. The number of nitro groups is 1. The van der Waals surface area contributed by atoms with Crippen LogP contribution in [0, 0.1) is 15.9 Å². The van der Waals surface area contributed by atoms with E-state index in [1.165, 1.54) is 36.4 Å². The Morgan fingerprint density at radius 3 is 2.41 bits per heavy atom. The lowest BCUT2D eigenvalue weighted by Gasteiger charge is -2.09. The summed E-state index contributed by atoms with van der Waals surface area (Å²) in [4.78, 5) is 22.2. The molecule has 0 aliphatic carbocycles. The molecule has 0 aliphatic heterocycles. The molecular weight excluding hydrogens is 377 g/mol. The minimum Gasteiger partial charge on any atom is -0.378 e. The monoisotopic (exact) mass is 395 g/mol. The Balaban J connectivity index is 1.90. The van der Waals surface area contributed by atoms with Crippen LogP contribution in [0.1, 0.15) is 5.56 Å². The van der Waals surface area contributed by atoms with Crippen LogP contribution in [0.5, 0.6) is 0 Å². The zero-order valence-corrected chi connectivity index (χ0v) is 15.3. The average molecular weight is 395 g/mol. The quantitative estimate of drug-likeness (QED) is 0.400. The summed E-state index contributed by atoms with van der Waals surface area (Å²) in [6.45, 7) is 0.402. The summed E-state index contributed by atoms with van der Waals surface area (Å²) in [5.41, 5.74) is 0.449. The molecule has 0 saturated carbocycles. The van der Waals surface area contributed by atoms with Crippen LogP contribution in [0.2, 0.25) is 0 Å². The molecule has 0 atom stereocenters. The molecule has 27 heavy (non-hydrogen) atoms. The number of nitrogens with zero attached hydrogens (tertiary/aromatic N) is 1. The minimum absolute atomic E-state index is 0.0868. The van der Waals surface area contributed by atoms with Crippen LogP contribution < -0.4 is 10.6 Å². The fraction of sp³-hybridized carbons (Fsp3) is 0.235. The molecule has 0 heterocycles. The molecule has 0 saturated heterocycles.